The van der Waals surface area contributed by atoms with E-state index in [1.807, 2.05) is 0 Å². The molecule has 3 atom stereocenters. The van der Waals surface area contributed by atoms with Gasteiger partial charge in [-0.15, -0.1) is 0 Å². The summed E-state index contributed by atoms with van der Waals surface area (Å²) < 4.78 is 0. The zero-order valence-corrected chi connectivity index (χ0v) is 16.0. The Hall–Kier alpha value is -0.330. The highest BCUT2D eigenvalue weighted by Gasteiger charge is 2.35. The molecule has 1 unspecified atom stereocenters. The highest BCUT2D eigenvalue weighted by Crippen LogP contribution is 2.45. The van der Waals surface area contributed by atoms with Gasteiger partial charge in [-0.25, -0.2) is 0 Å². The predicted molar refractivity (Wildman–Crippen MR) is 99.5 cm³/mol. The Morgan fingerprint density at radius 1 is 0.913 bits per heavy atom. The van der Waals surface area contributed by atoms with Gasteiger partial charge in [-0.1, -0.05) is 52.9 Å². The van der Waals surface area contributed by atoms with Crippen molar-refractivity contribution in [2.75, 3.05) is 0 Å². The van der Waals surface area contributed by atoms with Crippen LogP contribution in [0, 0.1) is 29.6 Å². The third-order valence-electron chi connectivity index (χ3n) is 6.90. The zero-order chi connectivity index (χ0) is 16.7. The normalized spacial score (nSPS) is 35.2. The van der Waals surface area contributed by atoms with E-state index in [0.29, 0.717) is 11.7 Å². The number of rotatable bonds is 8. The first-order chi connectivity index (χ1) is 11.2. The quantitative estimate of drug-likeness (QED) is 0.450. The first kappa shape index (κ1) is 19.0. The van der Waals surface area contributed by atoms with Crippen LogP contribution in [0.1, 0.15) is 104 Å². The number of hydrogen-bond acceptors (Lipinski definition) is 1. The van der Waals surface area contributed by atoms with Crippen LogP contribution in [0.15, 0.2) is 0 Å². The van der Waals surface area contributed by atoms with Crippen molar-refractivity contribution in [3.8, 4) is 0 Å². The predicted octanol–water partition coefficient (Wildman–Crippen LogP) is 6.79. The van der Waals surface area contributed by atoms with Crippen molar-refractivity contribution >= 4 is 5.78 Å². The van der Waals surface area contributed by atoms with E-state index in [1.165, 1.54) is 70.6 Å². The van der Waals surface area contributed by atoms with Crippen LogP contribution in [-0.2, 0) is 4.79 Å². The van der Waals surface area contributed by atoms with E-state index in [4.69, 9.17) is 0 Å². The lowest BCUT2D eigenvalue weighted by molar-refractivity contribution is -0.124. The molecule has 0 radical (unpaired) electrons. The fourth-order valence-electron chi connectivity index (χ4n) is 5.52. The molecule has 0 aromatic heterocycles. The summed E-state index contributed by atoms with van der Waals surface area (Å²) in [7, 11) is 0. The van der Waals surface area contributed by atoms with E-state index in [0.717, 1.165) is 36.5 Å². The average Bonchev–Trinajstić information content (AvgIpc) is 2.56. The van der Waals surface area contributed by atoms with Gasteiger partial charge in [-0.05, 0) is 68.6 Å². The first-order valence-corrected chi connectivity index (χ1v) is 10.7. The molecule has 2 rings (SSSR count). The van der Waals surface area contributed by atoms with Gasteiger partial charge >= 0.3 is 0 Å². The maximum atomic E-state index is 12.3. The van der Waals surface area contributed by atoms with Gasteiger partial charge in [-0.2, -0.15) is 0 Å². The molecule has 0 spiro atoms. The molecule has 23 heavy (non-hydrogen) atoms. The van der Waals surface area contributed by atoms with Crippen molar-refractivity contribution in [3.05, 3.63) is 0 Å². The summed E-state index contributed by atoms with van der Waals surface area (Å²) in [5.74, 6) is 4.79. The lowest BCUT2D eigenvalue weighted by atomic mass is 9.64. The smallest absolute Gasteiger partial charge is 0.135 e. The van der Waals surface area contributed by atoms with Gasteiger partial charge in [0.2, 0.25) is 0 Å². The molecule has 134 valence electrons. The molecule has 2 saturated carbocycles. The van der Waals surface area contributed by atoms with E-state index < -0.39 is 0 Å². The maximum Gasteiger partial charge on any atom is 0.135 e. The van der Waals surface area contributed by atoms with E-state index >= 15 is 0 Å². The molecule has 0 bridgehead atoms. The second-order valence-electron chi connectivity index (χ2n) is 8.64. The summed E-state index contributed by atoms with van der Waals surface area (Å²) in [6.07, 6.45) is 16.7. The number of Topliss-reactive ketones (excluding diaryl/α,β-unsaturated/α-hetero) is 1. The number of carbonyl (C=O) groups is 1. The lowest BCUT2D eigenvalue weighted by Crippen LogP contribution is -2.32. The Balaban J connectivity index is 1.73. The summed E-state index contributed by atoms with van der Waals surface area (Å²) in [4.78, 5) is 12.3. The standard InChI is InChI=1S/C22H40O/c1-4-6-7-9-22(23)20-13-11-19(12-14-20)21-15-10-18(8-5-2)16-17(21)3/h17-21H,4-16H2,1-3H3/t17-,18+,19-,20-,21?/m1/s1. The lowest BCUT2D eigenvalue weighted by Gasteiger charge is -2.41. The number of hydrogen-bond donors (Lipinski definition) is 0. The van der Waals surface area contributed by atoms with Gasteiger partial charge in [0.05, 0.1) is 0 Å². The molecule has 0 aliphatic heterocycles. The van der Waals surface area contributed by atoms with Crippen molar-refractivity contribution in [2.24, 2.45) is 29.6 Å². The van der Waals surface area contributed by atoms with Crippen molar-refractivity contribution in [1.29, 1.82) is 0 Å². The summed E-state index contributed by atoms with van der Waals surface area (Å²) in [6.45, 7) is 7.05. The number of unbranched alkanes of at least 4 members (excludes halogenated alkanes) is 2. The molecule has 0 aromatic carbocycles. The van der Waals surface area contributed by atoms with Gasteiger partial charge < -0.3 is 0 Å². The van der Waals surface area contributed by atoms with Crippen molar-refractivity contribution in [2.45, 2.75) is 104 Å². The fraction of sp³-hybridized carbons (Fsp3) is 0.955. The molecule has 2 fully saturated rings. The summed E-state index contributed by atoms with van der Waals surface area (Å²) in [5, 5.41) is 0. The largest absolute Gasteiger partial charge is 0.299 e. The Labute approximate surface area is 145 Å². The van der Waals surface area contributed by atoms with Crippen LogP contribution < -0.4 is 0 Å². The van der Waals surface area contributed by atoms with Gasteiger partial charge in [0.25, 0.3) is 0 Å². The Bertz CT molecular complexity index is 340. The SMILES string of the molecule is CCCCCC(=O)[C@H]1CC[C@H](C2CC[C@H](CCC)C[C@H]2C)CC1. The van der Waals surface area contributed by atoms with E-state index in [1.54, 1.807) is 0 Å². The second-order valence-corrected chi connectivity index (χ2v) is 8.64. The zero-order valence-electron chi connectivity index (χ0n) is 16.0. The molecule has 0 saturated heterocycles. The van der Waals surface area contributed by atoms with E-state index in [9.17, 15) is 4.79 Å². The van der Waals surface area contributed by atoms with E-state index in [2.05, 4.69) is 20.8 Å². The molecular weight excluding hydrogens is 280 g/mol. The minimum absolute atomic E-state index is 0.412. The summed E-state index contributed by atoms with van der Waals surface area (Å²) in [6, 6.07) is 0. The number of carbonyl (C=O) groups excluding carboxylic acids is 1. The third-order valence-corrected chi connectivity index (χ3v) is 6.90. The molecule has 0 heterocycles. The second kappa shape index (κ2) is 9.84. The first-order valence-electron chi connectivity index (χ1n) is 10.7. The highest BCUT2D eigenvalue weighted by molar-refractivity contribution is 5.81. The van der Waals surface area contributed by atoms with Crippen molar-refractivity contribution < 1.29 is 4.79 Å². The molecule has 0 aromatic rings. The molecule has 1 heteroatoms. The summed E-state index contributed by atoms with van der Waals surface area (Å²) >= 11 is 0. The third kappa shape index (κ3) is 5.61. The van der Waals surface area contributed by atoms with Crippen LogP contribution in [0.25, 0.3) is 0 Å². The van der Waals surface area contributed by atoms with Gasteiger partial charge in [-0.3, -0.25) is 4.79 Å². The highest BCUT2D eigenvalue weighted by atomic mass is 16.1. The van der Waals surface area contributed by atoms with Crippen LogP contribution in [-0.4, -0.2) is 5.78 Å². The van der Waals surface area contributed by atoms with Gasteiger partial charge in [0.1, 0.15) is 5.78 Å². The van der Waals surface area contributed by atoms with Gasteiger partial charge in [0.15, 0.2) is 0 Å². The van der Waals surface area contributed by atoms with Crippen LogP contribution in [0.2, 0.25) is 0 Å². The molecular formula is C22H40O. The fourth-order valence-corrected chi connectivity index (χ4v) is 5.52. The van der Waals surface area contributed by atoms with Crippen molar-refractivity contribution in [1.82, 2.24) is 0 Å². The van der Waals surface area contributed by atoms with Crippen LogP contribution in [0.3, 0.4) is 0 Å². The van der Waals surface area contributed by atoms with Crippen molar-refractivity contribution in [3.63, 3.8) is 0 Å². The monoisotopic (exact) mass is 320 g/mol. The van der Waals surface area contributed by atoms with Crippen LogP contribution >= 0.6 is 0 Å². The Morgan fingerprint density at radius 3 is 2.26 bits per heavy atom. The van der Waals surface area contributed by atoms with Gasteiger partial charge in [0, 0.05) is 12.3 Å². The maximum absolute atomic E-state index is 12.3. The molecule has 2 aliphatic rings. The Kier molecular flexibility index (Phi) is 8.13. The van der Waals surface area contributed by atoms with E-state index in [-0.39, 0.29) is 0 Å². The van der Waals surface area contributed by atoms with Crippen LogP contribution in [0.5, 0.6) is 0 Å². The van der Waals surface area contributed by atoms with Crippen LogP contribution in [0.4, 0.5) is 0 Å². The summed E-state index contributed by atoms with van der Waals surface area (Å²) in [5.41, 5.74) is 0. The average molecular weight is 321 g/mol. The number of ketones is 1. The molecule has 1 nitrogen and oxygen atoms in total. The minimum Gasteiger partial charge on any atom is -0.299 e. The topological polar surface area (TPSA) is 17.1 Å². The molecule has 2 aliphatic carbocycles. The molecule has 0 N–H and O–H groups in total. The Morgan fingerprint density at radius 2 is 1.65 bits per heavy atom. The minimum atomic E-state index is 0.412. The molecule has 0 amide bonds.